The molecule has 1 aromatic carbocycles. The van der Waals surface area contributed by atoms with Gasteiger partial charge in [0.15, 0.2) is 0 Å². The molecule has 252 valence electrons. The van der Waals surface area contributed by atoms with Gasteiger partial charge < -0.3 is 30.7 Å². The van der Waals surface area contributed by atoms with E-state index in [1.165, 1.54) is 13.3 Å². The lowest BCUT2D eigenvalue weighted by Crippen LogP contribution is -2.35. The van der Waals surface area contributed by atoms with Crippen LogP contribution >= 0.6 is 11.6 Å². The zero-order valence-electron chi connectivity index (χ0n) is 27.2. The largest absolute Gasteiger partial charge is 0.495 e. The van der Waals surface area contributed by atoms with Crippen LogP contribution in [-0.4, -0.2) is 66.8 Å². The summed E-state index contributed by atoms with van der Waals surface area (Å²) in [5, 5.41) is 12.8. The molecule has 0 saturated carbocycles. The van der Waals surface area contributed by atoms with Gasteiger partial charge in [0.2, 0.25) is 11.8 Å². The molecule has 1 aliphatic heterocycles. The Bertz CT molecular complexity index is 1770. The SMILES string of the molecule is COc1cnc(C(=O)Nc2cccc(-c3nccc(-c4ccc(CNC[C@@H]5CCC(=O)N5)c(OC)n4)c3Cl)c2C)cc1CNCCCF. The third-order valence-electron chi connectivity index (χ3n) is 8.13. The lowest BCUT2D eigenvalue weighted by molar-refractivity contribution is -0.119. The van der Waals surface area contributed by atoms with Crippen LogP contribution in [0.3, 0.4) is 0 Å². The van der Waals surface area contributed by atoms with Crippen LogP contribution in [0.15, 0.2) is 54.9 Å². The molecule has 5 rings (SSSR count). The number of halogens is 2. The Balaban J connectivity index is 1.33. The number of ether oxygens (including phenoxy) is 2. The molecule has 3 aromatic heterocycles. The zero-order chi connectivity index (χ0) is 34.0. The third kappa shape index (κ3) is 8.25. The maximum atomic E-state index is 13.3. The molecule has 1 aliphatic rings. The van der Waals surface area contributed by atoms with Crippen molar-refractivity contribution in [3.05, 3.63) is 82.3 Å². The molecule has 4 N–H and O–H groups in total. The Kier molecular flexibility index (Phi) is 11.9. The molecule has 0 radical (unpaired) electrons. The summed E-state index contributed by atoms with van der Waals surface area (Å²) in [7, 11) is 3.11. The molecule has 13 heteroatoms. The Labute approximate surface area is 284 Å². The number of benzene rings is 1. The van der Waals surface area contributed by atoms with Crippen LogP contribution in [0.25, 0.3) is 22.5 Å². The predicted octanol–water partition coefficient (Wildman–Crippen LogP) is 5.25. The fourth-order valence-corrected chi connectivity index (χ4v) is 5.84. The van der Waals surface area contributed by atoms with E-state index in [9.17, 15) is 14.0 Å². The van der Waals surface area contributed by atoms with Gasteiger partial charge in [0, 0.05) is 66.2 Å². The minimum absolute atomic E-state index is 0.0857. The van der Waals surface area contributed by atoms with Crippen LogP contribution in [0.1, 0.15) is 46.4 Å². The van der Waals surface area contributed by atoms with Crippen LogP contribution in [0, 0.1) is 6.92 Å². The van der Waals surface area contributed by atoms with Crippen LogP contribution in [0.2, 0.25) is 5.02 Å². The van der Waals surface area contributed by atoms with E-state index in [1.807, 2.05) is 31.2 Å². The number of aromatic nitrogens is 3. The van der Waals surface area contributed by atoms with E-state index in [0.717, 1.165) is 28.7 Å². The molecule has 1 fully saturated rings. The molecule has 2 amide bonds. The van der Waals surface area contributed by atoms with Gasteiger partial charge in [-0.05, 0) is 56.1 Å². The van der Waals surface area contributed by atoms with Gasteiger partial charge in [-0.25, -0.2) is 9.97 Å². The van der Waals surface area contributed by atoms with Crippen molar-refractivity contribution in [3.8, 4) is 34.1 Å². The molecule has 4 aromatic rings. The Morgan fingerprint density at radius 3 is 2.65 bits per heavy atom. The van der Waals surface area contributed by atoms with E-state index >= 15 is 0 Å². The minimum atomic E-state index is -0.404. The topological polar surface area (TPSA) is 139 Å². The van der Waals surface area contributed by atoms with E-state index in [-0.39, 0.29) is 17.6 Å². The highest BCUT2D eigenvalue weighted by molar-refractivity contribution is 6.35. The third-order valence-corrected chi connectivity index (χ3v) is 8.51. The van der Waals surface area contributed by atoms with E-state index in [0.29, 0.717) is 78.3 Å². The van der Waals surface area contributed by atoms with Gasteiger partial charge in [0.05, 0.1) is 43.5 Å². The summed E-state index contributed by atoms with van der Waals surface area (Å²) in [5.74, 6) is 0.695. The van der Waals surface area contributed by atoms with Gasteiger partial charge in [0.25, 0.3) is 5.91 Å². The number of nitrogens with one attached hydrogen (secondary N) is 4. The summed E-state index contributed by atoms with van der Waals surface area (Å²) in [4.78, 5) is 38.4. The normalized spacial score (nSPS) is 14.1. The second-order valence-electron chi connectivity index (χ2n) is 11.4. The first-order valence-corrected chi connectivity index (χ1v) is 16.1. The van der Waals surface area contributed by atoms with Crippen LogP contribution in [0.5, 0.6) is 11.6 Å². The molecular weight excluding hydrogens is 637 g/mol. The number of amides is 2. The smallest absolute Gasteiger partial charge is 0.274 e. The molecule has 11 nitrogen and oxygen atoms in total. The van der Waals surface area contributed by atoms with Gasteiger partial charge in [-0.2, -0.15) is 0 Å². The number of hydrogen-bond donors (Lipinski definition) is 4. The van der Waals surface area contributed by atoms with Crippen molar-refractivity contribution in [1.29, 1.82) is 0 Å². The number of carbonyl (C=O) groups is 2. The number of nitrogens with zero attached hydrogens (tertiary/aromatic N) is 3. The number of methoxy groups -OCH3 is 2. The molecular formula is C35H39ClFN7O4. The lowest BCUT2D eigenvalue weighted by atomic mass is 10.0. The summed E-state index contributed by atoms with van der Waals surface area (Å²) < 4.78 is 23.5. The van der Waals surface area contributed by atoms with Crippen molar-refractivity contribution >= 4 is 29.1 Å². The van der Waals surface area contributed by atoms with Gasteiger partial charge in [0.1, 0.15) is 11.4 Å². The molecule has 0 aliphatic carbocycles. The van der Waals surface area contributed by atoms with E-state index < -0.39 is 12.6 Å². The molecule has 0 bridgehead atoms. The highest BCUT2D eigenvalue weighted by Crippen LogP contribution is 2.38. The van der Waals surface area contributed by atoms with Crippen LogP contribution < -0.4 is 30.7 Å². The Hall–Kier alpha value is -4.65. The van der Waals surface area contributed by atoms with Crippen LogP contribution in [-0.2, 0) is 17.9 Å². The highest BCUT2D eigenvalue weighted by atomic mass is 35.5. The monoisotopic (exact) mass is 675 g/mol. The minimum Gasteiger partial charge on any atom is -0.495 e. The summed E-state index contributed by atoms with van der Waals surface area (Å²) in [6, 6.07) is 12.9. The second kappa shape index (κ2) is 16.4. The number of rotatable bonds is 15. The quantitative estimate of drug-likeness (QED) is 0.124. The second-order valence-corrected chi connectivity index (χ2v) is 11.7. The standard InChI is InChI=1S/C35H39ClFN7O4/c1-21-25(6-4-7-27(21)43-34(46)29-16-23(18-38-14-5-13-37)30(47-2)20-41-29)33-32(36)26(12-15-40-33)28-10-8-22(35(44-28)48-3)17-39-19-24-9-11-31(45)42-24/h4,6-8,10,12,15-16,20,24,38-39H,5,9,11,13-14,17-19H2,1-3H3,(H,42,45)(H,43,46)/t24-/m0/s1. The maximum absolute atomic E-state index is 13.3. The average Bonchev–Trinajstić information content (AvgIpc) is 3.52. The fraction of sp³-hybridized carbons (Fsp3) is 0.343. The van der Waals surface area contributed by atoms with E-state index in [4.69, 9.17) is 26.1 Å². The van der Waals surface area contributed by atoms with Gasteiger partial charge in [-0.3, -0.25) is 19.0 Å². The summed E-state index contributed by atoms with van der Waals surface area (Å²) >= 11 is 6.99. The maximum Gasteiger partial charge on any atom is 0.274 e. The van der Waals surface area contributed by atoms with Crippen molar-refractivity contribution in [2.75, 3.05) is 39.3 Å². The van der Waals surface area contributed by atoms with Gasteiger partial charge in [-0.1, -0.05) is 29.8 Å². The number of anilines is 1. The molecule has 1 atom stereocenters. The zero-order valence-corrected chi connectivity index (χ0v) is 27.9. The highest BCUT2D eigenvalue weighted by Gasteiger charge is 2.21. The van der Waals surface area contributed by atoms with Gasteiger partial charge >= 0.3 is 0 Å². The Morgan fingerprint density at radius 1 is 1.06 bits per heavy atom. The van der Waals surface area contributed by atoms with Crippen molar-refractivity contribution < 1.29 is 23.5 Å². The Morgan fingerprint density at radius 2 is 1.90 bits per heavy atom. The van der Waals surface area contributed by atoms with Crippen LogP contribution in [0.4, 0.5) is 10.1 Å². The molecule has 1 saturated heterocycles. The lowest BCUT2D eigenvalue weighted by Gasteiger charge is -2.16. The molecule has 4 heterocycles. The molecule has 0 unspecified atom stereocenters. The first kappa shape index (κ1) is 34.7. The number of pyridine rings is 3. The average molecular weight is 676 g/mol. The number of alkyl halides is 1. The first-order valence-electron chi connectivity index (χ1n) is 15.7. The van der Waals surface area contributed by atoms with Gasteiger partial charge in [-0.15, -0.1) is 0 Å². The van der Waals surface area contributed by atoms with Crippen molar-refractivity contribution in [1.82, 2.24) is 30.9 Å². The van der Waals surface area contributed by atoms with Crippen molar-refractivity contribution in [2.45, 2.75) is 45.3 Å². The summed E-state index contributed by atoms with van der Waals surface area (Å²) in [5.41, 5.74) is 5.76. The summed E-state index contributed by atoms with van der Waals surface area (Å²) in [6.45, 7) is 3.58. The summed E-state index contributed by atoms with van der Waals surface area (Å²) in [6.07, 6.45) is 4.95. The number of hydrogen-bond acceptors (Lipinski definition) is 9. The van der Waals surface area contributed by atoms with E-state index in [2.05, 4.69) is 31.2 Å². The van der Waals surface area contributed by atoms with Crippen molar-refractivity contribution in [2.24, 2.45) is 0 Å². The fourth-order valence-electron chi connectivity index (χ4n) is 5.53. The first-order chi connectivity index (χ1) is 23.3. The van der Waals surface area contributed by atoms with E-state index in [1.54, 1.807) is 31.5 Å². The molecule has 0 spiro atoms. The molecule has 48 heavy (non-hydrogen) atoms. The predicted molar refractivity (Wildman–Crippen MR) is 183 cm³/mol. The number of carbonyl (C=O) groups excluding carboxylic acids is 2. The van der Waals surface area contributed by atoms with Crippen molar-refractivity contribution in [3.63, 3.8) is 0 Å².